The highest BCUT2D eigenvalue weighted by atomic mass is 35.5. The Balaban J connectivity index is 2.04. The second kappa shape index (κ2) is 11.1. The summed E-state index contributed by atoms with van der Waals surface area (Å²) >= 11 is 12.9. The molecule has 0 aliphatic heterocycles. The molecule has 0 bridgehead atoms. The molecule has 1 aliphatic carbocycles. The molecule has 3 rings (SSSR count). The standard InChI is InChI=1S/C28H38Cl2/c1-4-7-9-10-11-12-18-28(21(6-3)13-8-5-2)26-16-14-22(29)19-24(26)25-20-23(30)15-17-27(25)28/h14-17,19-21H,4-13,18H2,1-3H3. The predicted octanol–water partition coefficient (Wildman–Crippen LogP) is 10.2. The van der Waals surface area contributed by atoms with E-state index < -0.39 is 0 Å². The van der Waals surface area contributed by atoms with Gasteiger partial charge in [0.2, 0.25) is 0 Å². The lowest BCUT2D eigenvalue weighted by molar-refractivity contribution is 0.265. The third-order valence-corrected chi connectivity index (χ3v) is 7.71. The zero-order chi connectivity index (χ0) is 21.6. The average molecular weight is 446 g/mol. The van der Waals surface area contributed by atoms with Crippen LogP contribution in [0.3, 0.4) is 0 Å². The first kappa shape index (κ1) is 23.7. The molecule has 0 spiro atoms. The molecule has 2 aromatic rings. The summed E-state index contributed by atoms with van der Waals surface area (Å²) in [5, 5.41) is 1.63. The molecule has 0 fully saturated rings. The van der Waals surface area contributed by atoms with Crippen LogP contribution in [0.2, 0.25) is 10.0 Å². The molecule has 1 aliphatic rings. The minimum absolute atomic E-state index is 0.0918. The lowest BCUT2D eigenvalue weighted by Gasteiger charge is -2.40. The van der Waals surface area contributed by atoms with E-state index in [-0.39, 0.29) is 5.41 Å². The monoisotopic (exact) mass is 444 g/mol. The highest BCUT2D eigenvalue weighted by Gasteiger charge is 2.47. The number of halogens is 2. The fourth-order valence-electron chi connectivity index (χ4n) is 5.75. The first-order chi connectivity index (χ1) is 14.6. The quantitative estimate of drug-likeness (QED) is 0.285. The Morgan fingerprint density at radius 1 is 0.700 bits per heavy atom. The van der Waals surface area contributed by atoms with Crippen molar-refractivity contribution in [2.75, 3.05) is 0 Å². The number of unbranched alkanes of at least 4 members (excludes halogenated alkanes) is 6. The van der Waals surface area contributed by atoms with Gasteiger partial charge in [0, 0.05) is 15.5 Å². The van der Waals surface area contributed by atoms with Crippen LogP contribution in [0.25, 0.3) is 11.1 Å². The molecular formula is C28H38Cl2. The van der Waals surface area contributed by atoms with Gasteiger partial charge in [-0.05, 0) is 65.3 Å². The van der Waals surface area contributed by atoms with Crippen molar-refractivity contribution in [2.45, 2.75) is 96.8 Å². The molecule has 0 radical (unpaired) electrons. The Labute approximate surface area is 194 Å². The van der Waals surface area contributed by atoms with Crippen molar-refractivity contribution < 1.29 is 0 Å². The topological polar surface area (TPSA) is 0 Å². The van der Waals surface area contributed by atoms with E-state index in [1.807, 2.05) is 0 Å². The zero-order valence-electron chi connectivity index (χ0n) is 19.1. The molecule has 0 saturated carbocycles. The SMILES string of the molecule is CCCCCCCCC1(C(CC)CCCC)c2ccc(Cl)cc2-c2cc(Cl)ccc21. The molecule has 0 aromatic heterocycles. The Hall–Kier alpha value is -0.980. The summed E-state index contributed by atoms with van der Waals surface area (Å²) in [7, 11) is 0. The summed E-state index contributed by atoms with van der Waals surface area (Å²) in [4.78, 5) is 0. The van der Waals surface area contributed by atoms with Gasteiger partial charge in [0.05, 0.1) is 0 Å². The highest BCUT2D eigenvalue weighted by molar-refractivity contribution is 6.31. The second-order valence-electron chi connectivity index (χ2n) is 9.12. The molecule has 2 heteroatoms. The summed E-state index contributed by atoms with van der Waals surface area (Å²) in [6, 6.07) is 13.2. The lowest BCUT2D eigenvalue weighted by Crippen LogP contribution is -2.35. The van der Waals surface area contributed by atoms with Crippen molar-refractivity contribution in [3.63, 3.8) is 0 Å². The third kappa shape index (κ3) is 4.76. The van der Waals surface area contributed by atoms with Crippen LogP contribution in [0.5, 0.6) is 0 Å². The second-order valence-corrected chi connectivity index (χ2v) is 9.99. The molecule has 1 atom stereocenters. The zero-order valence-corrected chi connectivity index (χ0v) is 20.6. The molecule has 0 saturated heterocycles. The van der Waals surface area contributed by atoms with Gasteiger partial charge in [-0.1, -0.05) is 114 Å². The van der Waals surface area contributed by atoms with Crippen LogP contribution < -0.4 is 0 Å². The maximum Gasteiger partial charge on any atom is 0.0412 e. The maximum absolute atomic E-state index is 6.46. The van der Waals surface area contributed by atoms with Gasteiger partial charge in [-0.15, -0.1) is 0 Å². The fraction of sp³-hybridized carbons (Fsp3) is 0.571. The van der Waals surface area contributed by atoms with Crippen molar-refractivity contribution in [3.05, 3.63) is 57.6 Å². The Morgan fingerprint density at radius 3 is 1.77 bits per heavy atom. The van der Waals surface area contributed by atoms with Gasteiger partial charge in [0.25, 0.3) is 0 Å². The van der Waals surface area contributed by atoms with Gasteiger partial charge in [-0.2, -0.15) is 0 Å². The lowest BCUT2D eigenvalue weighted by atomic mass is 9.63. The summed E-state index contributed by atoms with van der Waals surface area (Å²) < 4.78 is 0. The molecule has 0 amide bonds. The van der Waals surface area contributed by atoms with Gasteiger partial charge in [0.1, 0.15) is 0 Å². The Bertz CT molecular complexity index is 772. The van der Waals surface area contributed by atoms with E-state index in [1.54, 1.807) is 0 Å². The Kier molecular flexibility index (Phi) is 8.72. The van der Waals surface area contributed by atoms with E-state index >= 15 is 0 Å². The minimum atomic E-state index is 0.0918. The normalized spacial score (nSPS) is 15.1. The number of fused-ring (bicyclic) bond motifs is 3. The van der Waals surface area contributed by atoms with E-state index in [4.69, 9.17) is 23.2 Å². The highest BCUT2D eigenvalue weighted by Crippen LogP contribution is 2.57. The molecule has 30 heavy (non-hydrogen) atoms. The number of rotatable bonds is 12. The summed E-state index contributed by atoms with van der Waals surface area (Å²) in [5.41, 5.74) is 5.68. The van der Waals surface area contributed by atoms with Crippen LogP contribution in [-0.4, -0.2) is 0 Å². The number of benzene rings is 2. The fourth-order valence-corrected chi connectivity index (χ4v) is 6.09. The van der Waals surface area contributed by atoms with Gasteiger partial charge >= 0.3 is 0 Å². The number of hydrogen-bond acceptors (Lipinski definition) is 0. The van der Waals surface area contributed by atoms with Crippen LogP contribution in [0.15, 0.2) is 36.4 Å². The van der Waals surface area contributed by atoms with Gasteiger partial charge in [-0.25, -0.2) is 0 Å². The third-order valence-electron chi connectivity index (χ3n) is 7.24. The van der Waals surface area contributed by atoms with Crippen molar-refractivity contribution in [2.24, 2.45) is 5.92 Å². The van der Waals surface area contributed by atoms with E-state index in [2.05, 4.69) is 57.2 Å². The van der Waals surface area contributed by atoms with Crippen LogP contribution >= 0.6 is 23.2 Å². The molecule has 2 aromatic carbocycles. The van der Waals surface area contributed by atoms with E-state index in [0.29, 0.717) is 5.92 Å². The molecule has 0 N–H and O–H groups in total. The summed E-state index contributed by atoms with van der Waals surface area (Å²) in [5.74, 6) is 0.649. The average Bonchev–Trinajstić information content (AvgIpc) is 3.00. The molecule has 0 nitrogen and oxygen atoms in total. The van der Waals surface area contributed by atoms with E-state index in [1.165, 1.54) is 92.9 Å². The Morgan fingerprint density at radius 2 is 1.23 bits per heavy atom. The van der Waals surface area contributed by atoms with Crippen LogP contribution in [0, 0.1) is 5.92 Å². The smallest absolute Gasteiger partial charge is 0.0412 e. The summed E-state index contributed by atoms with van der Waals surface area (Å²) in [6.45, 7) is 6.98. The van der Waals surface area contributed by atoms with E-state index in [0.717, 1.165) is 10.0 Å². The maximum atomic E-state index is 6.46. The predicted molar refractivity (Wildman–Crippen MR) is 134 cm³/mol. The van der Waals surface area contributed by atoms with Gasteiger partial charge < -0.3 is 0 Å². The van der Waals surface area contributed by atoms with E-state index in [9.17, 15) is 0 Å². The van der Waals surface area contributed by atoms with Crippen molar-refractivity contribution in [1.82, 2.24) is 0 Å². The molecule has 1 unspecified atom stereocenters. The first-order valence-electron chi connectivity index (χ1n) is 12.2. The molecule has 0 heterocycles. The van der Waals surface area contributed by atoms with Crippen LogP contribution in [-0.2, 0) is 5.41 Å². The van der Waals surface area contributed by atoms with Gasteiger partial charge in [0.15, 0.2) is 0 Å². The van der Waals surface area contributed by atoms with Crippen molar-refractivity contribution in [3.8, 4) is 11.1 Å². The minimum Gasteiger partial charge on any atom is -0.0843 e. The van der Waals surface area contributed by atoms with Crippen molar-refractivity contribution in [1.29, 1.82) is 0 Å². The first-order valence-corrected chi connectivity index (χ1v) is 12.9. The van der Waals surface area contributed by atoms with Gasteiger partial charge in [-0.3, -0.25) is 0 Å². The van der Waals surface area contributed by atoms with Crippen LogP contribution in [0.1, 0.15) is 103 Å². The van der Waals surface area contributed by atoms with Crippen LogP contribution in [0.4, 0.5) is 0 Å². The van der Waals surface area contributed by atoms with Crippen molar-refractivity contribution >= 4 is 23.2 Å². The molecular weight excluding hydrogens is 407 g/mol. The summed E-state index contributed by atoms with van der Waals surface area (Å²) in [6.07, 6.45) is 14.3. The largest absolute Gasteiger partial charge is 0.0843 e. The molecule has 164 valence electrons. The number of hydrogen-bond donors (Lipinski definition) is 0.